The summed E-state index contributed by atoms with van der Waals surface area (Å²) in [5.74, 6) is 0. The molecule has 0 aliphatic carbocycles. The van der Waals surface area contributed by atoms with E-state index in [9.17, 15) is 13.2 Å². The van der Waals surface area contributed by atoms with Crippen molar-refractivity contribution in [1.82, 2.24) is 0 Å². The van der Waals surface area contributed by atoms with Crippen LogP contribution in [0.4, 0.5) is 24.5 Å². The van der Waals surface area contributed by atoms with Crippen LogP contribution in [0.5, 0.6) is 0 Å². The second kappa shape index (κ2) is 7.66. The van der Waals surface area contributed by atoms with Crippen LogP contribution in [0, 0.1) is 11.3 Å². The molecule has 0 spiro atoms. The highest BCUT2D eigenvalue weighted by molar-refractivity contribution is 6.30. The van der Waals surface area contributed by atoms with Crippen molar-refractivity contribution >= 4 is 23.0 Å². The topological polar surface area (TPSA) is 73.2 Å². The molecule has 0 saturated heterocycles. The van der Waals surface area contributed by atoms with E-state index < -0.39 is 17.9 Å². The van der Waals surface area contributed by atoms with Crippen LogP contribution in [-0.2, 0) is 6.18 Å². The number of halogens is 4. The van der Waals surface area contributed by atoms with Crippen LogP contribution in [0.15, 0.2) is 69.0 Å². The summed E-state index contributed by atoms with van der Waals surface area (Å²) in [5, 5.41) is 24.2. The first-order chi connectivity index (χ1) is 11.4. The van der Waals surface area contributed by atoms with Gasteiger partial charge in [-0.05, 0) is 42.5 Å². The second-order valence-corrected chi connectivity index (χ2v) is 4.89. The molecule has 1 unspecified atom stereocenters. The molecule has 2 rings (SSSR count). The highest BCUT2D eigenvalue weighted by atomic mass is 35.5. The summed E-state index contributed by atoms with van der Waals surface area (Å²) in [6.07, 6.45) is -5.64. The van der Waals surface area contributed by atoms with E-state index in [-0.39, 0.29) is 5.69 Å². The monoisotopic (exact) mass is 351 g/mol. The quantitative estimate of drug-likeness (QED) is 0.615. The first kappa shape index (κ1) is 17.6. The summed E-state index contributed by atoms with van der Waals surface area (Å²) >= 11 is 5.79. The summed E-state index contributed by atoms with van der Waals surface area (Å²) in [6.45, 7) is 0. The fourth-order valence-electron chi connectivity index (χ4n) is 1.57. The van der Waals surface area contributed by atoms with E-state index in [1.54, 1.807) is 30.3 Å². The van der Waals surface area contributed by atoms with Crippen molar-refractivity contribution in [3.63, 3.8) is 0 Å². The molecule has 0 N–H and O–H groups in total. The SMILES string of the molecule is N#CC(N=Nc1ccc(C(F)(F)F)cc1)N=Nc1cccc(Cl)c1. The van der Waals surface area contributed by atoms with Crippen LogP contribution in [-0.4, -0.2) is 6.17 Å². The van der Waals surface area contributed by atoms with E-state index in [0.29, 0.717) is 10.7 Å². The number of azo groups is 2. The Hall–Kier alpha value is -2.79. The molecule has 24 heavy (non-hydrogen) atoms. The molecule has 5 nitrogen and oxygen atoms in total. The van der Waals surface area contributed by atoms with Gasteiger partial charge in [0.25, 0.3) is 6.17 Å². The van der Waals surface area contributed by atoms with Gasteiger partial charge in [-0.25, -0.2) is 0 Å². The summed E-state index contributed by atoms with van der Waals surface area (Å²) in [7, 11) is 0. The van der Waals surface area contributed by atoms with Gasteiger partial charge in [0.05, 0.1) is 16.9 Å². The van der Waals surface area contributed by atoms with E-state index in [1.807, 2.05) is 0 Å². The lowest BCUT2D eigenvalue weighted by molar-refractivity contribution is -0.137. The Labute approximate surface area is 140 Å². The van der Waals surface area contributed by atoms with E-state index in [2.05, 4.69) is 20.5 Å². The number of rotatable bonds is 4. The van der Waals surface area contributed by atoms with Crippen molar-refractivity contribution in [3.05, 3.63) is 59.1 Å². The maximum atomic E-state index is 12.4. The van der Waals surface area contributed by atoms with Crippen LogP contribution >= 0.6 is 11.6 Å². The van der Waals surface area contributed by atoms with Gasteiger partial charge in [0.2, 0.25) is 0 Å². The van der Waals surface area contributed by atoms with Crippen molar-refractivity contribution in [1.29, 1.82) is 5.26 Å². The Balaban J connectivity index is 2.07. The predicted octanol–water partition coefficient (Wildman–Crippen LogP) is 6.08. The smallest absolute Gasteiger partial charge is 0.194 e. The molecule has 9 heteroatoms. The van der Waals surface area contributed by atoms with Gasteiger partial charge in [-0.15, -0.1) is 10.2 Å². The molecule has 122 valence electrons. The maximum Gasteiger partial charge on any atom is 0.416 e. The third-order valence-corrected chi connectivity index (χ3v) is 2.92. The van der Waals surface area contributed by atoms with E-state index in [0.717, 1.165) is 24.3 Å². The molecular formula is C15H9ClF3N5. The van der Waals surface area contributed by atoms with Gasteiger partial charge in [-0.1, -0.05) is 17.7 Å². The second-order valence-electron chi connectivity index (χ2n) is 4.46. The molecule has 0 bridgehead atoms. The van der Waals surface area contributed by atoms with Gasteiger partial charge in [-0.2, -0.15) is 28.7 Å². The minimum atomic E-state index is -4.42. The zero-order chi connectivity index (χ0) is 17.6. The van der Waals surface area contributed by atoms with Gasteiger partial charge < -0.3 is 0 Å². The molecular weight excluding hydrogens is 343 g/mol. The normalized spacial score (nSPS) is 13.3. The van der Waals surface area contributed by atoms with Crippen molar-refractivity contribution in [2.24, 2.45) is 20.5 Å². The standard InChI is InChI=1S/C15H9ClF3N5/c16-11-2-1-3-13(8-11)22-24-14(9-20)23-21-12-6-4-10(5-7-12)15(17,18)19/h1-8,14H. The molecule has 0 aliphatic rings. The summed E-state index contributed by atoms with van der Waals surface area (Å²) in [4.78, 5) is 0. The first-order valence-electron chi connectivity index (χ1n) is 6.52. The fraction of sp³-hybridized carbons (Fsp3) is 0.133. The van der Waals surface area contributed by atoms with Crippen molar-refractivity contribution in [2.45, 2.75) is 12.3 Å². The number of hydrogen-bond acceptors (Lipinski definition) is 5. The average molecular weight is 352 g/mol. The van der Waals surface area contributed by atoms with Crippen LogP contribution in [0.2, 0.25) is 5.02 Å². The molecule has 0 fully saturated rings. The van der Waals surface area contributed by atoms with Gasteiger partial charge >= 0.3 is 6.18 Å². The first-order valence-corrected chi connectivity index (χ1v) is 6.90. The van der Waals surface area contributed by atoms with Gasteiger partial charge in [0.15, 0.2) is 0 Å². The highest BCUT2D eigenvalue weighted by Crippen LogP contribution is 2.30. The molecule has 2 aromatic rings. The number of alkyl halides is 3. The van der Waals surface area contributed by atoms with Crippen LogP contribution in [0.25, 0.3) is 0 Å². The molecule has 0 saturated carbocycles. The zero-order valence-corrected chi connectivity index (χ0v) is 12.7. The van der Waals surface area contributed by atoms with E-state index >= 15 is 0 Å². The van der Waals surface area contributed by atoms with Gasteiger partial charge in [0, 0.05) is 5.02 Å². The van der Waals surface area contributed by atoms with E-state index in [1.165, 1.54) is 0 Å². The van der Waals surface area contributed by atoms with Gasteiger partial charge in [-0.3, -0.25) is 0 Å². The minimum Gasteiger partial charge on any atom is -0.194 e. The minimum absolute atomic E-state index is 0.168. The Bertz CT molecular complexity index is 794. The third kappa shape index (κ3) is 5.14. The molecule has 0 amide bonds. The van der Waals surface area contributed by atoms with E-state index in [4.69, 9.17) is 16.9 Å². The van der Waals surface area contributed by atoms with Crippen LogP contribution in [0.1, 0.15) is 5.56 Å². The molecule has 1 atom stereocenters. The Morgan fingerprint density at radius 3 is 2.12 bits per heavy atom. The third-order valence-electron chi connectivity index (χ3n) is 2.68. The molecule has 2 aromatic carbocycles. The summed E-state index contributed by atoms with van der Waals surface area (Å²) < 4.78 is 37.3. The lowest BCUT2D eigenvalue weighted by Gasteiger charge is -2.05. The zero-order valence-electron chi connectivity index (χ0n) is 11.9. The number of hydrogen-bond donors (Lipinski definition) is 0. The molecule has 0 aromatic heterocycles. The maximum absolute atomic E-state index is 12.4. The van der Waals surface area contributed by atoms with Crippen molar-refractivity contribution in [3.8, 4) is 6.07 Å². The Kier molecular flexibility index (Phi) is 5.60. The Morgan fingerprint density at radius 1 is 0.958 bits per heavy atom. The fourth-order valence-corrected chi connectivity index (χ4v) is 1.76. The summed E-state index contributed by atoms with van der Waals surface area (Å²) in [6, 6.07) is 12.3. The lowest BCUT2D eigenvalue weighted by atomic mass is 10.2. The Morgan fingerprint density at radius 2 is 1.58 bits per heavy atom. The van der Waals surface area contributed by atoms with Crippen LogP contribution < -0.4 is 0 Å². The molecule has 0 aliphatic heterocycles. The van der Waals surface area contributed by atoms with Crippen molar-refractivity contribution in [2.75, 3.05) is 0 Å². The lowest BCUT2D eigenvalue weighted by Crippen LogP contribution is -2.03. The summed E-state index contributed by atoms with van der Waals surface area (Å²) in [5.41, 5.74) is -0.187. The van der Waals surface area contributed by atoms with Crippen LogP contribution in [0.3, 0.4) is 0 Å². The number of benzene rings is 2. The highest BCUT2D eigenvalue weighted by Gasteiger charge is 2.29. The predicted molar refractivity (Wildman–Crippen MR) is 81.3 cm³/mol. The number of nitrogens with zero attached hydrogens (tertiary/aromatic N) is 5. The number of nitriles is 1. The molecule has 0 radical (unpaired) electrons. The largest absolute Gasteiger partial charge is 0.416 e. The van der Waals surface area contributed by atoms with Crippen molar-refractivity contribution < 1.29 is 13.2 Å². The average Bonchev–Trinajstić information content (AvgIpc) is 2.55. The van der Waals surface area contributed by atoms with Gasteiger partial charge in [0.1, 0.15) is 6.07 Å². The molecule has 0 heterocycles.